The molecule has 0 aliphatic rings. The first-order valence-electron chi connectivity index (χ1n) is 4.78. The zero-order chi connectivity index (χ0) is 12.4. The van der Waals surface area contributed by atoms with E-state index in [1.165, 1.54) is 17.4 Å². The summed E-state index contributed by atoms with van der Waals surface area (Å²) in [5.41, 5.74) is 2.60. The summed E-state index contributed by atoms with van der Waals surface area (Å²) in [6.07, 6.45) is 0. The number of aromatic hydroxyl groups is 1. The van der Waals surface area contributed by atoms with Crippen molar-refractivity contribution in [2.45, 2.75) is 6.92 Å². The molecule has 0 saturated carbocycles. The molecule has 1 aromatic heterocycles. The van der Waals surface area contributed by atoms with Gasteiger partial charge in [-0.2, -0.15) is 0 Å². The minimum Gasteiger partial charge on any atom is -0.506 e. The summed E-state index contributed by atoms with van der Waals surface area (Å²) in [5, 5.41) is 12.6. The van der Waals surface area contributed by atoms with Gasteiger partial charge >= 0.3 is 0 Å². The van der Waals surface area contributed by atoms with Crippen molar-refractivity contribution in [2.24, 2.45) is 0 Å². The molecule has 88 valence electrons. The van der Waals surface area contributed by atoms with Crippen LogP contribution in [0.3, 0.4) is 0 Å². The Balaban J connectivity index is 2.22. The molecule has 2 N–H and O–H groups in total. The Hall–Kier alpha value is -1.59. The highest BCUT2D eigenvalue weighted by molar-refractivity contribution is 7.12. The number of carbonyl (C=O) groups excluding carboxylic acids is 1. The number of phenols is 1. The van der Waals surface area contributed by atoms with Crippen molar-refractivity contribution in [3.05, 3.63) is 39.3 Å². The summed E-state index contributed by atoms with van der Waals surface area (Å²) in [6, 6.07) is 4.51. The fourth-order valence-electron chi connectivity index (χ4n) is 1.31. The molecule has 17 heavy (non-hydrogen) atoms. The molecule has 1 amide bonds. The second-order valence-electron chi connectivity index (χ2n) is 3.38. The molecule has 0 fully saturated rings. The minimum absolute atomic E-state index is 0.0620. The number of amides is 1. The van der Waals surface area contributed by atoms with E-state index >= 15 is 0 Å². The molecule has 0 atom stereocenters. The van der Waals surface area contributed by atoms with E-state index in [-0.39, 0.29) is 11.7 Å². The van der Waals surface area contributed by atoms with E-state index in [1.54, 1.807) is 24.6 Å². The van der Waals surface area contributed by atoms with Crippen LogP contribution >= 0.6 is 22.9 Å². The Kier molecular flexibility index (Phi) is 3.31. The van der Waals surface area contributed by atoms with E-state index in [1.807, 2.05) is 0 Å². The average molecular weight is 269 g/mol. The molecular formula is C11H9ClN2O2S. The quantitative estimate of drug-likeness (QED) is 0.823. The molecule has 0 aliphatic heterocycles. The van der Waals surface area contributed by atoms with E-state index in [4.69, 9.17) is 11.6 Å². The summed E-state index contributed by atoms with van der Waals surface area (Å²) in [4.78, 5) is 16.4. The lowest BCUT2D eigenvalue weighted by Crippen LogP contribution is -2.11. The van der Waals surface area contributed by atoms with Crippen LogP contribution in [-0.2, 0) is 0 Å². The van der Waals surface area contributed by atoms with E-state index in [0.29, 0.717) is 21.3 Å². The molecule has 0 aliphatic carbocycles. The van der Waals surface area contributed by atoms with Gasteiger partial charge < -0.3 is 10.4 Å². The number of anilines is 1. The monoisotopic (exact) mass is 268 g/mol. The van der Waals surface area contributed by atoms with Crippen LogP contribution in [0, 0.1) is 6.92 Å². The van der Waals surface area contributed by atoms with Crippen LogP contribution < -0.4 is 5.32 Å². The Morgan fingerprint density at radius 3 is 2.88 bits per heavy atom. The number of halogens is 1. The van der Waals surface area contributed by atoms with Gasteiger partial charge in [-0.1, -0.05) is 11.6 Å². The number of benzene rings is 1. The number of nitrogens with zero attached hydrogens (tertiary/aromatic N) is 1. The largest absolute Gasteiger partial charge is 0.506 e. The van der Waals surface area contributed by atoms with Gasteiger partial charge in [-0.25, -0.2) is 4.98 Å². The van der Waals surface area contributed by atoms with Gasteiger partial charge in [0.1, 0.15) is 10.6 Å². The Morgan fingerprint density at radius 1 is 1.53 bits per heavy atom. The summed E-state index contributed by atoms with van der Waals surface area (Å²) in [5.74, 6) is -0.351. The molecule has 6 heteroatoms. The van der Waals surface area contributed by atoms with Crippen LogP contribution in [0.25, 0.3) is 0 Å². The van der Waals surface area contributed by atoms with Crippen molar-refractivity contribution < 1.29 is 9.90 Å². The van der Waals surface area contributed by atoms with Crippen molar-refractivity contribution in [1.82, 2.24) is 4.98 Å². The van der Waals surface area contributed by atoms with Gasteiger partial charge in [0.25, 0.3) is 5.91 Å². The maximum atomic E-state index is 11.8. The van der Waals surface area contributed by atoms with Gasteiger partial charge in [-0.15, -0.1) is 11.3 Å². The molecule has 0 spiro atoms. The van der Waals surface area contributed by atoms with E-state index in [2.05, 4.69) is 10.3 Å². The van der Waals surface area contributed by atoms with Crippen molar-refractivity contribution in [3.63, 3.8) is 0 Å². The number of carbonyl (C=O) groups is 1. The fraction of sp³-hybridized carbons (Fsp3) is 0.0909. The van der Waals surface area contributed by atoms with E-state index < -0.39 is 0 Å². The third-order valence-corrected chi connectivity index (χ3v) is 3.32. The van der Waals surface area contributed by atoms with Crippen molar-refractivity contribution in [3.8, 4) is 5.75 Å². The van der Waals surface area contributed by atoms with Crippen LogP contribution in [0.1, 0.15) is 15.4 Å². The highest BCUT2D eigenvalue weighted by Crippen LogP contribution is 2.27. The molecule has 4 nitrogen and oxygen atoms in total. The number of aryl methyl sites for hydroxylation is 1. The third-order valence-electron chi connectivity index (χ3n) is 2.16. The average Bonchev–Trinajstić information content (AvgIpc) is 2.68. The van der Waals surface area contributed by atoms with Crippen LogP contribution in [-0.4, -0.2) is 16.0 Å². The standard InChI is InChI=1S/C11H9ClN2O2S/c1-6-10(17-5-13-6)11(16)14-8-3-2-7(12)4-9(8)15/h2-5,15H,1H3,(H,14,16). The first-order valence-corrected chi connectivity index (χ1v) is 6.03. The lowest BCUT2D eigenvalue weighted by atomic mass is 10.3. The first kappa shape index (κ1) is 11.9. The Bertz CT molecular complexity index is 568. The van der Waals surface area contributed by atoms with Crippen molar-refractivity contribution in [2.75, 3.05) is 5.32 Å². The summed E-state index contributed by atoms with van der Waals surface area (Å²) >= 11 is 6.95. The second kappa shape index (κ2) is 4.73. The number of thiazole rings is 1. The predicted octanol–water partition coefficient (Wildman–Crippen LogP) is 3.06. The summed E-state index contributed by atoms with van der Waals surface area (Å²) < 4.78 is 0. The number of nitrogens with one attached hydrogen (secondary N) is 1. The molecule has 0 bridgehead atoms. The maximum absolute atomic E-state index is 11.8. The lowest BCUT2D eigenvalue weighted by Gasteiger charge is -2.06. The van der Waals surface area contributed by atoms with Gasteiger partial charge in [-0.05, 0) is 19.1 Å². The third kappa shape index (κ3) is 2.57. The predicted molar refractivity (Wildman–Crippen MR) is 67.9 cm³/mol. The van der Waals surface area contributed by atoms with Crippen molar-refractivity contribution in [1.29, 1.82) is 0 Å². The fourth-order valence-corrected chi connectivity index (χ4v) is 2.17. The van der Waals surface area contributed by atoms with E-state index in [0.717, 1.165) is 0 Å². The number of hydrogen-bond donors (Lipinski definition) is 2. The second-order valence-corrected chi connectivity index (χ2v) is 4.67. The minimum atomic E-state index is -0.289. The molecule has 0 saturated heterocycles. The molecule has 1 heterocycles. The summed E-state index contributed by atoms with van der Waals surface area (Å²) in [6.45, 7) is 1.76. The number of phenolic OH excluding ortho intramolecular Hbond substituents is 1. The highest BCUT2D eigenvalue weighted by atomic mass is 35.5. The topological polar surface area (TPSA) is 62.2 Å². The molecule has 0 radical (unpaired) electrons. The van der Waals surface area contributed by atoms with Crippen LogP contribution in [0.2, 0.25) is 5.02 Å². The molecule has 1 aromatic carbocycles. The van der Waals surface area contributed by atoms with Crippen LogP contribution in [0.5, 0.6) is 5.75 Å². The van der Waals surface area contributed by atoms with Crippen molar-refractivity contribution >= 4 is 34.5 Å². The SMILES string of the molecule is Cc1ncsc1C(=O)Nc1ccc(Cl)cc1O. The molecule has 0 unspecified atom stereocenters. The number of hydrogen-bond acceptors (Lipinski definition) is 4. The smallest absolute Gasteiger partial charge is 0.267 e. The highest BCUT2D eigenvalue weighted by Gasteiger charge is 2.13. The van der Waals surface area contributed by atoms with Gasteiger partial charge in [0, 0.05) is 11.1 Å². The van der Waals surface area contributed by atoms with Gasteiger partial charge in [-0.3, -0.25) is 4.79 Å². The first-order chi connectivity index (χ1) is 8.08. The molecule has 2 aromatic rings. The Morgan fingerprint density at radius 2 is 2.29 bits per heavy atom. The molecular weight excluding hydrogens is 260 g/mol. The Labute approximate surface area is 107 Å². The summed E-state index contributed by atoms with van der Waals surface area (Å²) in [7, 11) is 0. The zero-order valence-corrected chi connectivity index (χ0v) is 10.5. The number of rotatable bonds is 2. The van der Waals surface area contributed by atoms with Crippen LogP contribution in [0.4, 0.5) is 5.69 Å². The van der Waals surface area contributed by atoms with Gasteiger partial charge in [0.2, 0.25) is 0 Å². The van der Waals surface area contributed by atoms with E-state index in [9.17, 15) is 9.90 Å². The maximum Gasteiger partial charge on any atom is 0.267 e. The van der Waals surface area contributed by atoms with Gasteiger partial charge in [0.05, 0.1) is 16.9 Å². The number of aromatic nitrogens is 1. The normalized spacial score (nSPS) is 10.2. The molecule has 2 rings (SSSR count). The lowest BCUT2D eigenvalue weighted by molar-refractivity contribution is 0.102. The van der Waals surface area contributed by atoms with Crippen LogP contribution in [0.15, 0.2) is 23.7 Å². The zero-order valence-electron chi connectivity index (χ0n) is 8.90. The van der Waals surface area contributed by atoms with Gasteiger partial charge in [0.15, 0.2) is 0 Å².